The molecule has 0 bridgehead atoms. The van der Waals surface area contributed by atoms with Gasteiger partial charge in [0.05, 0.1) is 5.56 Å². The summed E-state index contributed by atoms with van der Waals surface area (Å²) in [5.74, 6) is 0.526. The second-order valence-corrected chi connectivity index (χ2v) is 4.45. The Kier molecular flexibility index (Phi) is 4.09. The van der Waals surface area contributed by atoms with Crippen LogP contribution in [0.2, 0.25) is 5.02 Å². The highest BCUT2D eigenvalue weighted by Crippen LogP contribution is 2.37. The summed E-state index contributed by atoms with van der Waals surface area (Å²) in [5.41, 5.74) is -0.771. The zero-order valence-electron chi connectivity index (χ0n) is 10.5. The lowest BCUT2D eigenvalue weighted by atomic mass is 10.1. The number of rotatable bonds is 3. The quantitative estimate of drug-likeness (QED) is 0.842. The van der Waals surface area contributed by atoms with E-state index in [9.17, 15) is 13.2 Å². The molecule has 0 amide bonds. The molecular weight excluding hydrogens is 291 g/mol. The lowest BCUT2D eigenvalue weighted by Crippen LogP contribution is -2.09. The van der Waals surface area contributed by atoms with E-state index in [1.165, 1.54) is 19.2 Å². The number of nitrogens with one attached hydrogen (secondary N) is 1. The van der Waals surface area contributed by atoms with Crippen LogP contribution in [0.3, 0.4) is 0 Å². The minimum Gasteiger partial charge on any atom is -0.457 e. The maximum atomic E-state index is 12.9. The average Bonchev–Trinajstić information content (AvgIpc) is 2.40. The topological polar surface area (TPSA) is 21.3 Å². The molecule has 0 atom stereocenters. The minimum absolute atomic E-state index is 0.000885. The van der Waals surface area contributed by atoms with Gasteiger partial charge in [-0.15, -0.1) is 0 Å². The van der Waals surface area contributed by atoms with Gasteiger partial charge in [0, 0.05) is 17.8 Å². The number of hydrogen-bond acceptors (Lipinski definition) is 2. The third-order valence-electron chi connectivity index (χ3n) is 2.62. The Hall–Kier alpha value is -1.88. The van der Waals surface area contributed by atoms with Gasteiger partial charge in [0.15, 0.2) is 0 Å². The molecule has 106 valence electrons. The molecule has 0 heterocycles. The van der Waals surface area contributed by atoms with Crippen molar-refractivity contribution in [1.82, 2.24) is 0 Å². The highest BCUT2D eigenvalue weighted by Gasteiger charge is 2.33. The van der Waals surface area contributed by atoms with Crippen molar-refractivity contribution in [1.29, 1.82) is 0 Å². The molecule has 0 radical (unpaired) electrons. The van der Waals surface area contributed by atoms with Gasteiger partial charge < -0.3 is 10.1 Å². The lowest BCUT2D eigenvalue weighted by Gasteiger charge is -2.14. The van der Waals surface area contributed by atoms with Gasteiger partial charge >= 0.3 is 6.18 Å². The summed E-state index contributed by atoms with van der Waals surface area (Å²) in [5, 5.41) is 3.03. The van der Waals surface area contributed by atoms with Gasteiger partial charge in [-0.1, -0.05) is 11.6 Å². The number of halogens is 4. The SMILES string of the molecule is CNc1ccc(Oc2ccc(Cl)cc2)cc1C(F)(F)F. The van der Waals surface area contributed by atoms with Crippen molar-refractivity contribution in [3.63, 3.8) is 0 Å². The molecule has 0 saturated carbocycles. The molecule has 0 saturated heterocycles. The zero-order valence-corrected chi connectivity index (χ0v) is 11.2. The third kappa shape index (κ3) is 3.36. The van der Waals surface area contributed by atoms with Gasteiger partial charge in [0.1, 0.15) is 11.5 Å². The molecule has 0 aliphatic carbocycles. The summed E-state index contributed by atoms with van der Waals surface area (Å²) in [6.07, 6.45) is -4.45. The number of ether oxygens (including phenoxy) is 1. The van der Waals surface area contributed by atoms with Gasteiger partial charge in [0.2, 0.25) is 0 Å². The molecule has 20 heavy (non-hydrogen) atoms. The molecule has 0 fully saturated rings. The second kappa shape index (κ2) is 5.63. The number of hydrogen-bond donors (Lipinski definition) is 1. The molecule has 0 spiro atoms. The van der Waals surface area contributed by atoms with E-state index in [0.717, 1.165) is 6.07 Å². The smallest absolute Gasteiger partial charge is 0.418 e. The summed E-state index contributed by atoms with van der Waals surface area (Å²) in [7, 11) is 1.43. The van der Waals surface area contributed by atoms with Gasteiger partial charge in [-0.2, -0.15) is 13.2 Å². The monoisotopic (exact) mass is 301 g/mol. The standard InChI is InChI=1S/C14H11ClF3NO/c1-19-13-7-6-11(8-12(13)14(16,17)18)20-10-4-2-9(15)3-5-10/h2-8,19H,1H3. The molecule has 2 nitrogen and oxygen atoms in total. The summed E-state index contributed by atoms with van der Waals surface area (Å²) < 4.78 is 44.1. The van der Waals surface area contributed by atoms with Crippen LogP contribution in [-0.4, -0.2) is 7.05 Å². The first-order chi connectivity index (χ1) is 9.40. The normalized spacial score (nSPS) is 11.2. The predicted molar refractivity (Wildman–Crippen MR) is 72.5 cm³/mol. The van der Waals surface area contributed by atoms with Crippen molar-refractivity contribution in [2.24, 2.45) is 0 Å². The van der Waals surface area contributed by atoms with Crippen LogP contribution in [0.1, 0.15) is 5.56 Å². The van der Waals surface area contributed by atoms with Gasteiger partial charge in [-0.25, -0.2) is 0 Å². The Morgan fingerprint density at radius 3 is 2.15 bits per heavy atom. The third-order valence-corrected chi connectivity index (χ3v) is 2.87. The molecule has 0 aliphatic heterocycles. The second-order valence-electron chi connectivity index (χ2n) is 4.01. The van der Waals surface area contributed by atoms with E-state index < -0.39 is 11.7 Å². The van der Waals surface area contributed by atoms with Crippen LogP contribution in [-0.2, 0) is 6.18 Å². The van der Waals surface area contributed by atoms with Crippen LogP contribution >= 0.6 is 11.6 Å². The number of benzene rings is 2. The van der Waals surface area contributed by atoms with Crippen LogP contribution in [0.25, 0.3) is 0 Å². The molecule has 0 aromatic heterocycles. The first kappa shape index (κ1) is 14.5. The van der Waals surface area contributed by atoms with Crippen molar-refractivity contribution in [2.45, 2.75) is 6.18 Å². The highest BCUT2D eigenvalue weighted by atomic mass is 35.5. The molecule has 0 aliphatic rings. The fourth-order valence-electron chi connectivity index (χ4n) is 1.68. The fraction of sp³-hybridized carbons (Fsp3) is 0.143. The maximum Gasteiger partial charge on any atom is 0.418 e. The first-order valence-electron chi connectivity index (χ1n) is 5.72. The fourth-order valence-corrected chi connectivity index (χ4v) is 1.80. The molecule has 0 unspecified atom stereocenters. The Morgan fingerprint density at radius 2 is 1.60 bits per heavy atom. The first-order valence-corrected chi connectivity index (χ1v) is 6.10. The van der Waals surface area contributed by atoms with E-state index in [-0.39, 0.29) is 11.4 Å². The average molecular weight is 302 g/mol. The van der Waals surface area contributed by atoms with E-state index in [1.807, 2.05) is 0 Å². The van der Waals surface area contributed by atoms with Crippen LogP contribution in [0.4, 0.5) is 18.9 Å². The van der Waals surface area contributed by atoms with Gasteiger partial charge in [-0.3, -0.25) is 0 Å². The zero-order chi connectivity index (χ0) is 14.8. The van der Waals surface area contributed by atoms with E-state index >= 15 is 0 Å². The summed E-state index contributed by atoms with van der Waals surface area (Å²) in [4.78, 5) is 0. The number of anilines is 1. The van der Waals surface area contributed by atoms with Crippen LogP contribution in [0, 0.1) is 0 Å². The summed E-state index contributed by atoms with van der Waals surface area (Å²) in [6, 6.07) is 10.1. The van der Waals surface area contributed by atoms with E-state index in [4.69, 9.17) is 16.3 Å². The summed E-state index contributed by atoms with van der Waals surface area (Å²) >= 11 is 5.73. The van der Waals surface area contributed by atoms with E-state index in [2.05, 4.69) is 5.32 Å². The largest absolute Gasteiger partial charge is 0.457 e. The van der Waals surface area contributed by atoms with Gasteiger partial charge in [0.25, 0.3) is 0 Å². The van der Waals surface area contributed by atoms with E-state index in [1.54, 1.807) is 24.3 Å². The molecule has 2 aromatic carbocycles. The molecule has 1 N–H and O–H groups in total. The highest BCUT2D eigenvalue weighted by molar-refractivity contribution is 6.30. The number of alkyl halides is 3. The van der Waals surface area contributed by atoms with Crippen LogP contribution < -0.4 is 10.1 Å². The molecular formula is C14H11ClF3NO. The van der Waals surface area contributed by atoms with Crippen molar-refractivity contribution < 1.29 is 17.9 Å². The van der Waals surface area contributed by atoms with Crippen LogP contribution in [0.5, 0.6) is 11.5 Å². The van der Waals surface area contributed by atoms with Crippen molar-refractivity contribution in [2.75, 3.05) is 12.4 Å². The van der Waals surface area contributed by atoms with Crippen molar-refractivity contribution in [3.8, 4) is 11.5 Å². The van der Waals surface area contributed by atoms with Crippen molar-refractivity contribution >= 4 is 17.3 Å². The Morgan fingerprint density at radius 1 is 1.00 bits per heavy atom. The molecule has 2 rings (SSSR count). The summed E-state index contributed by atoms with van der Waals surface area (Å²) in [6.45, 7) is 0. The van der Waals surface area contributed by atoms with E-state index in [0.29, 0.717) is 10.8 Å². The Labute approximate surface area is 119 Å². The minimum atomic E-state index is -4.45. The van der Waals surface area contributed by atoms with Crippen molar-refractivity contribution in [3.05, 3.63) is 53.1 Å². The Bertz CT molecular complexity index is 596. The van der Waals surface area contributed by atoms with Crippen LogP contribution in [0.15, 0.2) is 42.5 Å². The maximum absolute atomic E-state index is 12.9. The lowest BCUT2D eigenvalue weighted by molar-refractivity contribution is -0.137. The van der Waals surface area contributed by atoms with Gasteiger partial charge in [-0.05, 0) is 42.5 Å². The predicted octanol–water partition coefficient (Wildman–Crippen LogP) is 5.19. The molecule has 2 aromatic rings. The Balaban J connectivity index is 2.31. The molecule has 6 heteroatoms.